The maximum Gasteiger partial charge on any atom is 0.271 e. The highest BCUT2D eigenvalue weighted by molar-refractivity contribution is 6.34. The molecule has 1 fully saturated rings. The number of nitrogens with zero attached hydrogens (tertiary/aromatic N) is 1. The summed E-state index contributed by atoms with van der Waals surface area (Å²) >= 11 is 6.13. The monoisotopic (exact) mass is 528 g/mol. The Morgan fingerprint density at radius 1 is 0.895 bits per heavy atom. The number of hydrazine groups is 1. The van der Waals surface area contributed by atoms with Crippen molar-refractivity contribution in [2.45, 2.75) is 46.0 Å². The second-order valence-corrected chi connectivity index (χ2v) is 9.78. The van der Waals surface area contributed by atoms with Gasteiger partial charge >= 0.3 is 0 Å². The Hall–Kier alpha value is -4.15. The van der Waals surface area contributed by atoms with Crippen molar-refractivity contribution in [3.05, 3.63) is 93.1 Å². The molecule has 194 valence electrons. The molecular formula is C30H29ClN4O3. The molecule has 2 aromatic carbocycles. The van der Waals surface area contributed by atoms with Crippen molar-refractivity contribution < 1.29 is 14.4 Å². The minimum atomic E-state index is -0.501. The van der Waals surface area contributed by atoms with Crippen LogP contribution in [0, 0.1) is 31.6 Å². The van der Waals surface area contributed by atoms with Crippen molar-refractivity contribution in [3.8, 4) is 11.8 Å². The fourth-order valence-electron chi connectivity index (χ4n) is 4.34. The number of halogens is 1. The number of pyridine rings is 1. The van der Waals surface area contributed by atoms with Crippen LogP contribution in [-0.4, -0.2) is 22.7 Å². The van der Waals surface area contributed by atoms with Gasteiger partial charge in [-0.3, -0.25) is 25.2 Å². The van der Waals surface area contributed by atoms with Gasteiger partial charge in [-0.05, 0) is 68.1 Å². The number of benzene rings is 2. The summed E-state index contributed by atoms with van der Waals surface area (Å²) < 4.78 is 0. The van der Waals surface area contributed by atoms with Gasteiger partial charge < -0.3 is 5.32 Å². The van der Waals surface area contributed by atoms with Gasteiger partial charge in [0.1, 0.15) is 5.82 Å². The zero-order valence-corrected chi connectivity index (χ0v) is 22.1. The van der Waals surface area contributed by atoms with Crippen LogP contribution in [0.5, 0.6) is 0 Å². The number of anilines is 1. The number of aromatic nitrogens is 1. The van der Waals surface area contributed by atoms with E-state index in [0.29, 0.717) is 38.7 Å². The van der Waals surface area contributed by atoms with Gasteiger partial charge in [0.2, 0.25) is 5.91 Å². The first-order valence-electron chi connectivity index (χ1n) is 12.6. The molecule has 7 nitrogen and oxygen atoms in total. The Bertz CT molecular complexity index is 1400. The molecule has 38 heavy (non-hydrogen) atoms. The third-order valence-electron chi connectivity index (χ3n) is 6.57. The first-order valence-corrected chi connectivity index (χ1v) is 12.9. The number of rotatable bonds is 4. The molecule has 3 aromatic rings. The van der Waals surface area contributed by atoms with Crippen LogP contribution in [0.25, 0.3) is 0 Å². The summed E-state index contributed by atoms with van der Waals surface area (Å²) in [5.74, 6) is 5.75. The van der Waals surface area contributed by atoms with Crippen molar-refractivity contribution in [2.24, 2.45) is 5.92 Å². The van der Waals surface area contributed by atoms with Crippen LogP contribution in [-0.2, 0) is 4.79 Å². The molecule has 1 heterocycles. The van der Waals surface area contributed by atoms with Crippen molar-refractivity contribution >= 4 is 35.1 Å². The van der Waals surface area contributed by atoms with Crippen molar-refractivity contribution in [1.82, 2.24) is 15.8 Å². The minimum absolute atomic E-state index is 0.0277. The lowest BCUT2D eigenvalue weighted by molar-refractivity contribution is -0.120. The summed E-state index contributed by atoms with van der Waals surface area (Å²) in [6.45, 7) is 3.67. The van der Waals surface area contributed by atoms with Gasteiger partial charge in [-0.2, -0.15) is 0 Å². The highest BCUT2D eigenvalue weighted by Crippen LogP contribution is 2.24. The van der Waals surface area contributed by atoms with Gasteiger partial charge in [0.05, 0.1) is 10.6 Å². The lowest BCUT2D eigenvalue weighted by atomic mass is 9.89. The molecule has 0 saturated heterocycles. The Balaban J connectivity index is 1.39. The van der Waals surface area contributed by atoms with Crippen LogP contribution >= 0.6 is 11.6 Å². The van der Waals surface area contributed by atoms with Gasteiger partial charge in [0, 0.05) is 28.8 Å². The van der Waals surface area contributed by atoms with Crippen LogP contribution in [0.2, 0.25) is 5.02 Å². The van der Waals surface area contributed by atoms with Crippen molar-refractivity contribution in [2.75, 3.05) is 5.32 Å². The van der Waals surface area contributed by atoms with Gasteiger partial charge in [-0.25, -0.2) is 4.98 Å². The quantitative estimate of drug-likeness (QED) is 0.314. The highest BCUT2D eigenvalue weighted by Gasteiger charge is 2.21. The highest BCUT2D eigenvalue weighted by atomic mass is 35.5. The van der Waals surface area contributed by atoms with E-state index in [-0.39, 0.29) is 11.8 Å². The number of hydrogen-bond donors (Lipinski definition) is 3. The molecule has 1 aliphatic carbocycles. The zero-order chi connectivity index (χ0) is 27.1. The molecule has 0 bridgehead atoms. The van der Waals surface area contributed by atoms with E-state index in [4.69, 9.17) is 11.6 Å². The summed E-state index contributed by atoms with van der Waals surface area (Å²) in [5, 5.41) is 3.20. The second kappa shape index (κ2) is 12.4. The predicted octanol–water partition coefficient (Wildman–Crippen LogP) is 5.35. The van der Waals surface area contributed by atoms with E-state index in [2.05, 4.69) is 33.0 Å². The molecule has 3 N–H and O–H groups in total. The Morgan fingerprint density at radius 3 is 2.37 bits per heavy atom. The normalized spacial score (nSPS) is 13.1. The lowest BCUT2D eigenvalue weighted by Crippen LogP contribution is -2.42. The number of nitrogens with one attached hydrogen (secondary N) is 3. The molecule has 1 saturated carbocycles. The van der Waals surface area contributed by atoms with Crippen molar-refractivity contribution in [1.29, 1.82) is 0 Å². The maximum atomic E-state index is 12.7. The number of amides is 3. The second-order valence-electron chi connectivity index (χ2n) is 9.38. The SMILES string of the molecule is Cc1ccc(C(=O)NNC(=O)c2c(C)cccc2Cl)cc1C#Cc1ccc(NC(=O)C2CCCCC2)nc1. The zero-order valence-electron chi connectivity index (χ0n) is 21.4. The largest absolute Gasteiger partial charge is 0.310 e. The molecule has 0 unspecified atom stereocenters. The van der Waals surface area contributed by atoms with E-state index >= 15 is 0 Å². The van der Waals surface area contributed by atoms with Crippen molar-refractivity contribution in [3.63, 3.8) is 0 Å². The van der Waals surface area contributed by atoms with E-state index in [1.165, 1.54) is 6.42 Å². The summed E-state index contributed by atoms with van der Waals surface area (Å²) in [4.78, 5) is 41.9. The number of aryl methyl sites for hydroxylation is 2. The molecule has 8 heteroatoms. The average Bonchev–Trinajstić information content (AvgIpc) is 2.92. The van der Waals surface area contributed by atoms with Crippen LogP contribution < -0.4 is 16.2 Å². The van der Waals surface area contributed by atoms with Gasteiger partial charge in [0.15, 0.2) is 0 Å². The van der Waals surface area contributed by atoms with E-state index < -0.39 is 11.8 Å². The number of carbonyl (C=O) groups is 3. The molecule has 0 spiro atoms. The minimum Gasteiger partial charge on any atom is -0.310 e. The summed E-state index contributed by atoms with van der Waals surface area (Å²) in [7, 11) is 0. The van der Waals surface area contributed by atoms with Crippen LogP contribution in [0.15, 0.2) is 54.7 Å². The summed E-state index contributed by atoms with van der Waals surface area (Å²) in [6, 6.07) is 13.8. The van der Waals surface area contributed by atoms with E-state index in [9.17, 15) is 14.4 Å². The fourth-order valence-corrected chi connectivity index (χ4v) is 4.65. The smallest absolute Gasteiger partial charge is 0.271 e. The standard InChI is InChI=1S/C30H29ClN4O3/c1-19-11-14-24(29(37)34-35-30(38)27-20(2)7-6-10-25(27)31)17-23(19)15-12-21-13-16-26(32-18-21)33-28(36)22-8-4-3-5-9-22/h6-7,10-11,13-14,16-18,22H,3-5,8-9H2,1-2H3,(H,34,37)(H,35,38)(H,32,33,36). The van der Waals surface area contributed by atoms with Crippen LogP contribution in [0.3, 0.4) is 0 Å². The number of carbonyl (C=O) groups excluding carboxylic acids is 3. The summed E-state index contributed by atoms with van der Waals surface area (Å²) in [5.41, 5.74) is 8.43. The van der Waals surface area contributed by atoms with Crippen LogP contribution in [0.1, 0.15) is 75.1 Å². The molecule has 4 rings (SSSR count). The molecule has 0 aliphatic heterocycles. The number of hydrogen-bond acceptors (Lipinski definition) is 4. The maximum absolute atomic E-state index is 12.7. The predicted molar refractivity (Wildman–Crippen MR) is 148 cm³/mol. The first-order chi connectivity index (χ1) is 18.3. The molecule has 1 aromatic heterocycles. The average molecular weight is 529 g/mol. The molecule has 0 radical (unpaired) electrons. The summed E-state index contributed by atoms with van der Waals surface area (Å²) in [6.07, 6.45) is 6.86. The van der Waals surface area contributed by atoms with E-state index in [0.717, 1.165) is 31.2 Å². The van der Waals surface area contributed by atoms with E-state index in [1.807, 2.05) is 6.92 Å². The van der Waals surface area contributed by atoms with Gasteiger partial charge in [0.25, 0.3) is 11.8 Å². The third kappa shape index (κ3) is 6.78. The molecular weight excluding hydrogens is 500 g/mol. The molecule has 1 aliphatic rings. The Labute approximate surface area is 227 Å². The van der Waals surface area contributed by atoms with Gasteiger partial charge in [-0.15, -0.1) is 0 Å². The Morgan fingerprint density at radius 2 is 1.66 bits per heavy atom. The molecule has 0 atom stereocenters. The van der Waals surface area contributed by atoms with E-state index in [1.54, 1.807) is 61.7 Å². The first kappa shape index (κ1) is 26.9. The lowest BCUT2D eigenvalue weighted by Gasteiger charge is -2.20. The Kier molecular flexibility index (Phi) is 8.77. The topological polar surface area (TPSA) is 100 Å². The van der Waals surface area contributed by atoms with Gasteiger partial charge in [-0.1, -0.05) is 60.9 Å². The fraction of sp³-hybridized carbons (Fsp3) is 0.267. The molecule has 3 amide bonds. The third-order valence-corrected chi connectivity index (χ3v) is 6.89. The van der Waals surface area contributed by atoms with Crippen LogP contribution in [0.4, 0.5) is 5.82 Å².